The minimum Gasteiger partial charge on any atom is -0.304 e. The molecule has 0 radical (unpaired) electrons. The first-order valence-electron chi connectivity index (χ1n) is 6.76. The van der Waals surface area contributed by atoms with Gasteiger partial charge in [-0.25, -0.2) is 4.98 Å². The van der Waals surface area contributed by atoms with E-state index < -0.39 is 0 Å². The van der Waals surface area contributed by atoms with Crippen LogP contribution in [0.4, 0.5) is 0 Å². The molecule has 1 aliphatic carbocycles. The van der Waals surface area contributed by atoms with Gasteiger partial charge >= 0.3 is 0 Å². The molecule has 0 bridgehead atoms. The van der Waals surface area contributed by atoms with Crippen LogP contribution in [0.3, 0.4) is 0 Å². The van der Waals surface area contributed by atoms with Crippen LogP contribution in [0.5, 0.6) is 0 Å². The van der Waals surface area contributed by atoms with E-state index in [0.717, 1.165) is 10.2 Å². The maximum atomic E-state index is 12.2. The molecule has 21 heavy (non-hydrogen) atoms. The molecule has 0 aromatic carbocycles. The van der Waals surface area contributed by atoms with Gasteiger partial charge in [-0.2, -0.15) is 0 Å². The van der Waals surface area contributed by atoms with Gasteiger partial charge in [-0.1, -0.05) is 12.5 Å². The summed E-state index contributed by atoms with van der Waals surface area (Å²) in [4.78, 5) is 24.0. The highest BCUT2D eigenvalue weighted by atomic mass is 35.5. The maximum Gasteiger partial charge on any atom is 0.269 e. The van der Waals surface area contributed by atoms with Crippen LogP contribution < -0.4 is 5.56 Å². The lowest BCUT2D eigenvalue weighted by atomic mass is 9.81. The van der Waals surface area contributed by atoms with Gasteiger partial charge < -0.3 is 4.98 Å². The van der Waals surface area contributed by atoms with Gasteiger partial charge in [0.2, 0.25) is 0 Å². The molecular weight excluding hydrogens is 306 g/mol. The lowest BCUT2D eigenvalue weighted by Crippen LogP contribution is -2.11. The Morgan fingerprint density at radius 1 is 1.29 bits per heavy atom. The number of aromatic amines is 1. The van der Waals surface area contributed by atoms with Crippen LogP contribution in [0.2, 0.25) is 0 Å². The minimum absolute atomic E-state index is 0. The summed E-state index contributed by atoms with van der Waals surface area (Å²) in [5, 5.41) is 2.10. The topological polar surface area (TPSA) is 58.6 Å². The van der Waals surface area contributed by atoms with Crippen molar-refractivity contribution in [3.05, 3.63) is 45.7 Å². The molecule has 1 N–H and O–H groups in total. The Morgan fingerprint density at radius 2 is 2.14 bits per heavy atom. The largest absolute Gasteiger partial charge is 0.304 e. The van der Waals surface area contributed by atoms with Crippen molar-refractivity contribution in [2.45, 2.75) is 25.2 Å². The maximum absolute atomic E-state index is 12.2. The monoisotopic (exact) mass is 319 g/mol. The third kappa shape index (κ3) is 2.36. The Bertz CT molecular complexity index is 824. The van der Waals surface area contributed by atoms with Crippen molar-refractivity contribution >= 4 is 34.0 Å². The first-order valence-corrected chi connectivity index (χ1v) is 7.64. The first kappa shape index (κ1) is 14.2. The van der Waals surface area contributed by atoms with Crippen LogP contribution in [-0.4, -0.2) is 15.0 Å². The summed E-state index contributed by atoms with van der Waals surface area (Å²) >= 11 is 1.50. The van der Waals surface area contributed by atoms with Crippen molar-refractivity contribution in [3.8, 4) is 11.5 Å². The molecule has 3 aromatic rings. The smallest absolute Gasteiger partial charge is 0.269 e. The van der Waals surface area contributed by atoms with Gasteiger partial charge in [-0.05, 0) is 41.8 Å². The predicted octanol–water partition coefficient (Wildman–Crippen LogP) is 3.74. The fourth-order valence-electron chi connectivity index (χ4n) is 2.58. The molecule has 0 aliphatic heterocycles. The summed E-state index contributed by atoms with van der Waals surface area (Å²) in [6.07, 6.45) is 5.40. The lowest BCUT2D eigenvalue weighted by Gasteiger charge is -2.24. The third-order valence-electron chi connectivity index (χ3n) is 3.91. The molecule has 3 aromatic heterocycles. The fraction of sp³-hybridized carbons (Fsp3) is 0.267. The van der Waals surface area contributed by atoms with Gasteiger partial charge in [0.1, 0.15) is 10.4 Å². The molecule has 0 unspecified atom stereocenters. The van der Waals surface area contributed by atoms with Crippen LogP contribution in [0, 0.1) is 0 Å². The number of thiophene rings is 1. The van der Waals surface area contributed by atoms with E-state index in [9.17, 15) is 4.79 Å². The van der Waals surface area contributed by atoms with Gasteiger partial charge in [-0.15, -0.1) is 23.7 Å². The number of aromatic nitrogens is 3. The van der Waals surface area contributed by atoms with Gasteiger partial charge in [0.05, 0.1) is 5.52 Å². The number of rotatable bonds is 2. The van der Waals surface area contributed by atoms with Crippen LogP contribution in [0.25, 0.3) is 21.7 Å². The second-order valence-corrected chi connectivity index (χ2v) is 6.01. The molecule has 6 heteroatoms. The van der Waals surface area contributed by atoms with Crippen molar-refractivity contribution in [1.82, 2.24) is 15.0 Å². The average Bonchev–Trinajstić information content (AvgIpc) is 2.82. The highest BCUT2D eigenvalue weighted by molar-refractivity contribution is 7.17. The quantitative estimate of drug-likeness (QED) is 0.783. The average molecular weight is 320 g/mol. The number of H-pyrrole nitrogens is 1. The number of hydrogen-bond donors (Lipinski definition) is 1. The zero-order valence-electron chi connectivity index (χ0n) is 11.2. The number of fused-ring (bicyclic) bond motifs is 1. The van der Waals surface area contributed by atoms with Crippen molar-refractivity contribution in [1.29, 1.82) is 0 Å². The van der Waals surface area contributed by atoms with E-state index in [0.29, 0.717) is 17.4 Å². The molecule has 0 atom stereocenters. The Kier molecular flexibility index (Phi) is 3.78. The highest BCUT2D eigenvalue weighted by Crippen LogP contribution is 2.40. The number of nitrogens with zero attached hydrogens (tertiary/aromatic N) is 2. The van der Waals surface area contributed by atoms with Crippen LogP contribution >= 0.6 is 23.7 Å². The predicted molar refractivity (Wildman–Crippen MR) is 87.3 cm³/mol. The van der Waals surface area contributed by atoms with Crippen LogP contribution in [0.15, 0.2) is 34.6 Å². The molecule has 1 saturated carbocycles. The summed E-state index contributed by atoms with van der Waals surface area (Å²) in [6, 6.07) is 5.61. The summed E-state index contributed by atoms with van der Waals surface area (Å²) < 4.78 is 0.728. The van der Waals surface area contributed by atoms with E-state index >= 15 is 0 Å². The zero-order valence-corrected chi connectivity index (χ0v) is 12.8. The van der Waals surface area contributed by atoms with E-state index in [-0.39, 0.29) is 18.0 Å². The van der Waals surface area contributed by atoms with Gasteiger partial charge in [-0.3, -0.25) is 9.78 Å². The highest BCUT2D eigenvalue weighted by Gasteiger charge is 2.24. The molecule has 1 fully saturated rings. The normalized spacial score (nSPS) is 14.7. The molecule has 0 amide bonds. The number of nitrogens with one attached hydrogen (secondary N) is 1. The Hall–Kier alpha value is -1.72. The standard InChI is InChI=1S/C15H13N3OS.ClH/c19-15-13-12(10(8-20-13)9-4-3-5-9)17-14(18-15)11-6-1-2-7-16-11;/h1-2,6-9H,3-5H2,(H,17,18,19);1H. The number of pyridine rings is 1. The number of hydrogen-bond acceptors (Lipinski definition) is 4. The Labute approximate surface area is 131 Å². The Balaban J connectivity index is 0.00000132. The minimum atomic E-state index is -0.0637. The van der Waals surface area contributed by atoms with Crippen molar-refractivity contribution in [2.24, 2.45) is 0 Å². The van der Waals surface area contributed by atoms with Crippen LogP contribution in [-0.2, 0) is 0 Å². The van der Waals surface area contributed by atoms with Crippen LogP contribution in [0.1, 0.15) is 30.7 Å². The molecule has 1 aliphatic rings. The third-order valence-corrected chi connectivity index (χ3v) is 4.89. The zero-order chi connectivity index (χ0) is 13.5. The second-order valence-electron chi connectivity index (χ2n) is 5.13. The fourth-order valence-corrected chi connectivity index (χ4v) is 3.56. The molecule has 0 saturated heterocycles. The van der Waals surface area contributed by atoms with E-state index in [1.54, 1.807) is 6.20 Å². The van der Waals surface area contributed by atoms with Gasteiger partial charge in [0.25, 0.3) is 5.56 Å². The lowest BCUT2D eigenvalue weighted by molar-refractivity contribution is 0.422. The van der Waals surface area contributed by atoms with Crippen molar-refractivity contribution < 1.29 is 0 Å². The van der Waals surface area contributed by atoms with Crippen molar-refractivity contribution in [2.75, 3.05) is 0 Å². The SMILES string of the molecule is Cl.O=c1[nH]c(-c2ccccn2)nc2c(C3CCC3)csc12. The second kappa shape index (κ2) is 5.58. The summed E-state index contributed by atoms with van der Waals surface area (Å²) in [6.45, 7) is 0. The van der Waals surface area contributed by atoms with Gasteiger partial charge in [0.15, 0.2) is 5.82 Å². The van der Waals surface area contributed by atoms with Crippen molar-refractivity contribution in [3.63, 3.8) is 0 Å². The van der Waals surface area contributed by atoms with Gasteiger partial charge in [0, 0.05) is 6.20 Å². The molecule has 4 nitrogen and oxygen atoms in total. The van der Waals surface area contributed by atoms with E-state index in [1.807, 2.05) is 18.2 Å². The molecular formula is C15H14ClN3OS. The summed E-state index contributed by atoms with van der Waals surface area (Å²) in [5.74, 6) is 1.14. The molecule has 0 spiro atoms. The Morgan fingerprint density at radius 3 is 2.81 bits per heavy atom. The van der Waals surface area contributed by atoms with E-state index in [1.165, 1.54) is 36.2 Å². The number of halogens is 1. The molecule has 108 valence electrons. The summed E-state index contributed by atoms with van der Waals surface area (Å²) in [5.41, 5.74) is 2.74. The van der Waals surface area contributed by atoms with E-state index in [2.05, 4.69) is 20.3 Å². The molecule has 4 rings (SSSR count). The van der Waals surface area contributed by atoms with E-state index in [4.69, 9.17) is 0 Å². The first-order chi connectivity index (χ1) is 9.83. The molecule has 3 heterocycles. The summed E-state index contributed by atoms with van der Waals surface area (Å²) in [7, 11) is 0.